The lowest BCUT2D eigenvalue weighted by Gasteiger charge is -2.34. The first-order valence-electron chi connectivity index (χ1n) is 12.0. The molecule has 1 aliphatic heterocycles. The van der Waals surface area contributed by atoms with Crippen LogP contribution in [-0.4, -0.2) is 50.4 Å². The highest BCUT2D eigenvalue weighted by Gasteiger charge is 2.42. The van der Waals surface area contributed by atoms with Gasteiger partial charge in [-0.15, -0.1) is 11.3 Å². The van der Waals surface area contributed by atoms with Crippen molar-refractivity contribution < 1.29 is 29.6 Å². The van der Waals surface area contributed by atoms with Gasteiger partial charge in [-0.1, -0.05) is 51.5 Å². The lowest BCUT2D eigenvalue weighted by Crippen LogP contribution is -2.45. The van der Waals surface area contributed by atoms with Crippen LogP contribution in [0.5, 0.6) is 0 Å². The molecule has 4 unspecified atom stereocenters. The predicted molar refractivity (Wildman–Crippen MR) is 137 cm³/mol. The van der Waals surface area contributed by atoms with Crippen molar-refractivity contribution >= 4 is 29.2 Å². The number of aliphatic hydroxyl groups excluding tert-OH is 3. The number of carbonyl (C=O) groups excluding carboxylic acids is 2. The van der Waals surface area contributed by atoms with Gasteiger partial charge in [0.15, 0.2) is 0 Å². The van der Waals surface area contributed by atoms with Gasteiger partial charge in [0.2, 0.25) is 0 Å². The van der Waals surface area contributed by atoms with Crippen LogP contribution in [0.2, 0.25) is 0 Å². The first-order chi connectivity index (χ1) is 16.4. The monoisotopic (exact) mass is 505 g/mol. The Morgan fingerprint density at radius 3 is 2.60 bits per heavy atom. The van der Waals surface area contributed by atoms with Gasteiger partial charge in [-0.25, -0.2) is 4.98 Å². The highest BCUT2D eigenvalue weighted by molar-refractivity contribution is 7.09. The molecule has 8 heteroatoms. The average molecular weight is 506 g/mol. The van der Waals surface area contributed by atoms with E-state index < -0.39 is 35.6 Å². The number of nitrogens with zero attached hydrogens (tertiary/aromatic N) is 1. The number of ketones is 1. The van der Waals surface area contributed by atoms with E-state index in [1.165, 1.54) is 11.3 Å². The zero-order valence-electron chi connectivity index (χ0n) is 21.5. The van der Waals surface area contributed by atoms with Crippen LogP contribution in [0, 0.1) is 17.3 Å². The number of carbonyl (C=O) groups is 2. The van der Waals surface area contributed by atoms with Crippen LogP contribution in [0.25, 0.3) is 6.08 Å². The molecule has 0 aromatic carbocycles. The molecule has 1 aliphatic rings. The molecule has 0 fully saturated rings. The molecule has 0 saturated heterocycles. The van der Waals surface area contributed by atoms with Crippen LogP contribution in [0.1, 0.15) is 71.5 Å². The summed E-state index contributed by atoms with van der Waals surface area (Å²) in [4.78, 5) is 30.3. The van der Waals surface area contributed by atoms with Crippen molar-refractivity contribution in [1.82, 2.24) is 4.98 Å². The fourth-order valence-corrected chi connectivity index (χ4v) is 4.68. The quantitative estimate of drug-likeness (QED) is 0.416. The summed E-state index contributed by atoms with van der Waals surface area (Å²) in [6.07, 6.45) is 5.75. The van der Waals surface area contributed by atoms with Crippen molar-refractivity contribution in [2.24, 2.45) is 17.3 Å². The van der Waals surface area contributed by atoms with Crippen LogP contribution < -0.4 is 0 Å². The normalized spacial score (nSPS) is 32.0. The topological polar surface area (TPSA) is 117 Å². The Kier molecular flexibility index (Phi) is 10.6. The number of esters is 1. The van der Waals surface area contributed by atoms with Gasteiger partial charge in [-0.2, -0.15) is 0 Å². The maximum absolute atomic E-state index is 13.1. The second-order valence-corrected chi connectivity index (χ2v) is 11.0. The molecule has 5 atom stereocenters. The van der Waals surface area contributed by atoms with Gasteiger partial charge in [0.25, 0.3) is 0 Å². The predicted octanol–water partition coefficient (Wildman–Crippen LogP) is 4.23. The van der Waals surface area contributed by atoms with Crippen LogP contribution in [0.4, 0.5) is 0 Å². The number of ether oxygens (including phenoxy) is 1. The average Bonchev–Trinajstić information content (AvgIpc) is 3.26. The van der Waals surface area contributed by atoms with E-state index in [9.17, 15) is 24.9 Å². The van der Waals surface area contributed by atoms with E-state index in [1.54, 1.807) is 20.8 Å². The van der Waals surface area contributed by atoms with Gasteiger partial charge in [0.05, 0.1) is 36.3 Å². The van der Waals surface area contributed by atoms with E-state index in [1.807, 2.05) is 50.5 Å². The summed E-state index contributed by atoms with van der Waals surface area (Å²) in [6.45, 7) is 10.4. The Balaban J connectivity index is 2.37. The highest BCUT2D eigenvalue weighted by atomic mass is 32.1. The lowest BCUT2D eigenvalue weighted by atomic mass is 9.73. The largest absolute Gasteiger partial charge is 0.457 e. The SMILES string of the molecule is C/C1=C/CC(/C(C)=C/c2csc(CO)n2)OC(=O)CC(O)C(C)(C)C(=O)C(C)[C@@H](O)C(C)/C=C/C1. The number of cyclic esters (lactones) is 1. The van der Waals surface area contributed by atoms with Gasteiger partial charge < -0.3 is 20.1 Å². The maximum atomic E-state index is 13.1. The van der Waals surface area contributed by atoms with Crippen molar-refractivity contribution in [2.45, 2.75) is 85.7 Å². The molecule has 0 radical (unpaired) electrons. The minimum absolute atomic E-state index is 0.133. The van der Waals surface area contributed by atoms with E-state index >= 15 is 0 Å². The van der Waals surface area contributed by atoms with Crippen LogP contribution in [0.15, 0.2) is 34.8 Å². The van der Waals surface area contributed by atoms with E-state index in [4.69, 9.17) is 4.74 Å². The Hall–Kier alpha value is -2.13. The van der Waals surface area contributed by atoms with E-state index in [2.05, 4.69) is 4.98 Å². The maximum Gasteiger partial charge on any atom is 0.309 e. The molecule has 1 aromatic rings. The van der Waals surface area contributed by atoms with Crippen molar-refractivity contribution in [2.75, 3.05) is 0 Å². The van der Waals surface area contributed by atoms with Crippen LogP contribution >= 0.6 is 11.3 Å². The number of aromatic nitrogens is 1. The van der Waals surface area contributed by atoms with Crippen molar-refractivity contribution in [3.8, 4) is 0 Å². The third-order valence-electron chi connectivity index (χ3n) is 6.71. The summed E-state index contributed by atoms with van der Waals surface area (Å²) in [5.74, 6) is -1.86. The van der Waals surface area contributed by atoms with Crippen LogP contribution in [-0.2, 0) is 20.9 Å². The number of thiazole rings is 1. The molecule has 0 amide bonds. The van der Waals surface area contributed by atoms with Crippen LogP contribution in [0.3, 0.4) is 0 Å². The lowest BCUT2D eigenvalue weighted by molar-refractivity contribution is -0.154. The zero-order chi connectivity index (χ0) is 26.3. The van der Waals surface area contributed by atoms with E-state index in [0.29, 0.717) is 23.5 Å². The van der Waals surface area contributed by atoms with Gasteiger partial charge >= 0.3 is 5.97 Å². The second-order valence-electron chi connectivity index (χ2n) is 10.1. The standard InChI is InChI=1S/C27H39NO6S/c1-16-8-7-9-17(2)25(32)19(4)26(33)27(5,6)22(30)13-24(31)34-21(11-10-16)18(3)12-20-15-35-23(14-29)28-20/h7,9-10,12,15,17,19,21-22,25,29-30,32H,8,11,13-14H2,1-6H3/b9-7+,16-10-,18-12+/t17?,19?,21?,22?,25-/m0/s1. The third kappa shape index (κ3) is 7.93. The Morgan fingerprint density at radius 1 is 1.29 bits per heavy atom. The van der Waals surface area contributed by atoms with Crippen molar-refractivity contribution in [3.63, 3.8) is 0 Å². The van der Waals surface area contributed by atoms with Crippen molar-refractivity contribution in [1.29, 1.82) is 0 Å². The molecule has 0 aliphatic carbocycles. The van der Waals surface area contributed by atoms with Gasteiger partial charge in [-0.3, -0.25) is 9.59 Å². The molecule has 0 bridgehead atoms. The summed E-state index contributed by atoms with van der Waals surface area (Å²) >= 11 is 1.35. The molecule has 35 heavy (non-hydrogen) atoms. The fourth-order valence-electron chi connectivity index (χ4n) is 4.07. The van der Waals surface area contributed by atoms with Gasteiger partial charge in [0, 0.05) is 23.6 Å². The number of allylic oxidation sites excluding steroid dienone is 2. The van der Waals surface area contributed by atoms with Gasteiger partial charge in [-0.05, 0) is 31.9 Å². The van der Waals surface area contributed by atoms with E-state index in [-0.39, 0.29) is 24.7 Å². The molecule has 0 spiro atoms. The van der Waals surface area contributed by atoms with E-state index in [0.717, 1.165) is 11.1 Å². The van der Waals surface area contributed by atoms with Crippen molar-refractivity contribution in [3.05, 3.63) is 45.5 Å². The third-order valence-corrected chi connectivity index (χ3v) is 7.57. The van der Waals surface area contributed by atoms with Gasteiger partial charge in [0.1, 0.15) is 16.9 Å². The first kappa shape index (κ1) is 29.1. The molecule has 1 aromatic heterocycles. The summed E-state index contributed by atoms with van der Waals surface area (Å²) in [5.41, 5.74) is 1.30. The number of rotatable bonds is 3. The molecule has 2 rings (SSSR count). The molecule has 7 nitrogen and oxygen atoms in total. The Morgan fingerprint density at radius 2 is 1.97 bits per heavy atom. The number of Topliss-reactive ketones (excluding diaryl/α,β-unsaturated/α-hetero) is 1. The number of hydrogen-bond donors (Lipinski definition) is 3. The molecular weight excluding hydrogens is 466 g/mol. The molecule has 194 valence electrons. The molecular formula is C27H39NO6S. The Bertz CT molecular complexity index is 976. The second kappa shape index (κ2) is 12.7. The molecule has 0 saturated carbocycles. The molecule has 3 N–H and O–H groups in total. The minimum atomic E-state index is -1.26. The summed E-state index contributed by atoms with van der Waals surface area (Å²) < 4.78 is 5.77. The smallest absolute Gasteiger partial charge is 0.309 e. The zero-order valence-corrected chi connectivity index (χ0v) is 22.3. The highest BCUT2D eigenvalue weighted by Crippen LogP contribution is 2.31. The number of hydrogen-bond acceptors (Lipinski definition) is 8. The minimum Gasteiger partial charge on any atom is -0.457 e. The summed E-state index contributed by atoms with van der Waals surface area (Å²) in [6, 6.07) is 0. The first-order valence-corrected chi connectivity index (χ1v) is 12.9. The summed E-state index contributed by atoms with van der Waals surface area (Å²) in [5, 5.41) is 33.2. The summed E-state index contributed by atoms with van der Waals surface area (Å²) in [7, 11) is 0. The number of aliphatic hydroxyl groups is 3. The molecule has 2 heterocycles. The fraction of sp³-hybridized carbons (Fsp3) is 0.593. The Labute approximate surface area is 212 Å².